The van der Waals surface area contributed by atoms with Gasteiger partial charge in [-0.2, -0.15) is 5.10 Å². The van der Waals surface area contributed by atoms with Gasteiger partial charge in [0.15, 0.2) is 0 Å². The highest BCUT2D eigenvalue weighted by molar-refractivity contribution is 5.90. The van der Waals surface area contributed by atoms with Gasteiger partial charge in [0.25, 0.3) is 0 Å². The molecule has 3 aromatic rings. The summed E-state index contributed by atoms with van der Waals surface area (Å²) in [6, 6.07) is 17.0. The van der Waals surface area contributed by atoms with Crippen molar-refractivity contribution in [3.8, 4) is 11.3 Å². The van der Waals surface area contributed by atoms with E-state index in [0.29, 0.717) is 24.5 Å². The first-order valence-electron chi connectivity index (χ1n) is 11.4. The Bertz CT molecular complexity index is 1200. The van der Waals surface area contributed by atoms with Gasteiger partial charge in [0, 0.05) is 31.8 Å². The molecule has 0 radical (unpaired) electrons. The lowest BCUT2D eigenvalue weighted by molar-refractivity contribution is -0.119. The van der Waals surface area contributed by atoms with Crippen LogP contribution in [0.4, 0.5) is 20.6 Å². The van der Waals surface area contributed by atoms with Crippen molar-refractivity contribution in [1.82, 2.24) is 15.1 Å². The summed E-state index contributed by atoms with van der Waals surface area (Å²) in [5, 5.41) is 7.37. The molecule has 2 amide bonds. The fourth-order valence-corrected chi connectivity index (χ4v) is 4.50. The standard InChI is InChI=1S/C25H26FN5O3/c1-17(32)27-14-21-16-30(25(33)34-21)19-7-8-24(22(26)13-19)29-11-9-20(15-29)31-12-10-23(28-31)18-5-3-2-4-6-18/h2-8,10,12-13,20-21H,9,11,14-16H2,1H3,(H,27,32). The van der Waals surface area contributed by atoms with Gasteiger partial charge in [-0.1, -0.05) is 30.3 Å². The predicted molar refractivity (Wildman–Crippen MR) is 126 cm³/mol. The summed E-state index contributed by atoms with van der Waals surface area (Å²) in [5.74, 6) is -0.582. The third kappa shape index (κ3) is 4.46. The van der Waals surface area contributed by atoms with Crippen molar-refractivity contribution in [3.05, 3.63) is 66.6 Å². The molecule has 1 aromatic heterocycles. The Hall–Kier alpha value is -3.88. The molecule has 2 atom stereocenters. The van der Waals surface area contributed by atoms with E-state index >= 15 is 4.39 Å². The summed E-state index contributed by atoms with van der Waals surface area (Å²) in [7, 11) is 0. The molecular formula is C25H26FN5O3. The molecule has 9 heteroatoms. The van der Waals surface area contributed by atoms with E-state index < -0.39 is 12.2 Å². The molecule has 2 unspecified atom stereocenters. The van der Waals surface area contributed by atoms with E-state index in [9.17, 15) is 9.59 Å². The molecule has 0 aliphatic carbocycles. The minimum atomic E-state index is -0.545. The fraction of sp³-hybridized carbons (Fsp3) is 0.320. The highest BCUT2D eigenvalue weighted by Crippen LogP contribution is 2.32. The summed E-state index contributed by atoms with van der Waals surface area (Å²) < 4.78 is 22.3. The Morgan fingerprint density at radius 2 is 2.00 bits per heavy atom. The topological polar surface area (TPSA) is 79.7 Å². The van der Waals surface area contributed by atoms with Crippen LogP contribution < -0.4 is 15.1 Å². The van der Waals surface area contributed by atoms with Crippen molar-refractivity contribution < 1.29 is 18.7 Å². The number of carbonyl (C=O) groups excluding carboxylic acids is 2. The number of aromatic nitrogens is 2. The molecule has 5 rings (SSSR count). The average Bonchev–Trinajstić information content (AvgIpc) is 3.58. The van der Waals surface area contributed by atoms with Gasteiger partial charge in [-0.25, -0.2) is 9.18 Å². The second-order valence-electron chi connectivity index (χ2n) is 8.62. The Morgan fingerprint density at radius 1 is 1.18 bits per heavy atom. The minimum absolute atomic E-state index is 0.152. The first-order valence-corrected chi connectivity index (χ1v) is 11.4. The maximum absolute atomic E-state index is 15.1. The number of benzene rings is 2. The van der Waals surface area contributed by atoms with Crippen LogP contribution >= 0.6 is 0 Å². The summed E-state index contributed by atoms with van der Waals surface area (Å²) in [4.78, 5) is 26.7. The second-order valence-corrected chi connectivity index (χ2v) is 8.62. The number of carbonyl (C=O) groups is 2. The SMILES string of the molecule is CC(=O)NCC1CN(c2ccc(N3CCC(n4ccc(-c5ccccc5)n4)C3)c(F)c2)C(=O)O1. The second kappa shape index (κ2) is 9.17. The number of ether oxygens (including phenoxy) is 1. The van der Waals surface area contributed by atoms with Gasteiger partial charge < -0.3 is 15.0 Å². The third-order valence-corrected chi connectivity index (χ3v) is 6.25. The lowest BCUT2D eigenvalue weighted by atomic mass is 10.2. The highest BCUT2D eigenvalue weighted by Gasteiger charge is 2.33. The van der Waals surface area contributed by atoms with E-state index in [1.165, 1.54) is 17.9 Å². The molecule has 2 aliphatic rings. The van der Waals surface area contributed by atoms with E-state index in [1.54, 1.807) is 12.1 Å². The molecule has 2 aliphatic heterocycles. The van der Waals surface area contributed by atoms with Crippen molar-refractivity contribution in [2.45, 2.75) is 25.5 Å². The number of hydrogen-bond donors (Lipinski definition) is 1. The van der Waals surface area contributed by atoms with Crippen LogP contribution in [0.2, 0.25) is 0 Å². The Morgan fingerprint density at radius 3 is 2.76 bits per heavy atom. The number of nitrogens with zero attached hydrogens (tertiary/aromatic N) is 4. The zero-order valence-electron chi connectivity index (χ0n) is 18.9. The van der Waals surface area contributed by atoms with Crippen molar-refractivity contribution in [1.29, 1.82) is 0 Å². The first-order chi connectivity index (χ1) is 16.5. The summed E-state index contributed by atoms with van der Waals surface area (Å²) in [6.45, 7) is 3.25. The number of rotatable bonds is 6. The number of nitrogens with one attached hydrogen (secondary N) is 1. The summed E-state index contributed by atoms with van der Waals surface area (Å²) >= 11 is 0. The smallest absolute Gasteiger partial charge is 0.414 e. The zero-order valence-corrected chi connectivity index (χ0v) is 18.9. The van der Waals surface area contributed by atoms with Gasteiger partial charge >= 0.3 is 6.09 Å². The van der Waals surface area contributed by atoms with Crippen LogP contribution in [-0.2, 0) is 9.53 Å². The molecule has 1 N–H and O–H groups in total. The molecule has 34 heavy (non-hydrogen) atoms. The Kier molecular flexibility index (Phi) is 5.91. The van der Waals surface area contributed by atoms with Gasteiger partial charge in [-0.05, 0) is 30.7 Å². The first kappa shape index (κ1) is 21.9. The van der Waals surface area contributed by atoms with Crippen LogP contribution in [0, 0.1) is 5.82 Å². The maximum Gasteiger partial charge on any atom is 0.414 e. The van der Waals surface area contributed by atoms with E-state index in [1.807, 2.05) is 52.2 Å². The predicted octanol–water partition coefficient (Wildman–Crippen LogP) is 3.60. The average molecular weight is 464 g/mol. The minimum Gasteiger partial charge on any atom is -0.442 e. The number of cyclic esters (lactones) is 1. The van der Waals surface area contributed by atoms with Crippen LogP contribution in [0.15, 0.2) is 60.8 Å². The quantitative estimate of drug-likeness (QED) is 0.604. The number of anilines is 2. The number of amides is 2. The molecular weight excluding hydrogens is 437 g/mol. The van der Waals surface area contributed by atoms with E-state index in [0.717, 1.165) is 17.7 Å². The molecule has 0 saturated carbocycles. The van der Waals surface area contributed by atoms with Gasteiger partial charge in [0.1, 0.15) is 11.9 Å². The van der Waals surface area contributed by atoms with Crippen molar-refractivity contribution in [3.63, 3.8) is 0 Å². The van der Waals surface area contributed by atoms with Crippen LogP contribution in [0.3, 0.4) is 0 Å². The van der Waals surface area contributed by atoms with Crippen LogP contribution in [0.5, 0.6) is 0 Å². The van der Waals surface area contributed by atoms with Crippen LogP contribution in [0.1, 0.15) is 19.4 Å². The molecule has 0 spiro atoms. The van der Waals surface area contributed by atoms with Gasteiger partial charge in [-0.15, -0.1) is 0 Å². The van der Waals surface area contributed by atoms with Crippen molar-refractivity contribution >= 4 is 23.4 Å². The van der Waals surface area contributed by atoms with E-state index in [-0.39, 0.29) is 30.9 Å². The largest absolute Gasteiger partial charge is 0.442 e. The van der Waals surface area contributed by atoms with E-state index in [2.05, 4.69) is 5.32 Å². The maximum atomic E-state index is 15.1. The molecule has 2 saturated heterocycles. The van der Waals surface area contributed by atoms with Gasteiger partial charge in [-0.3, -0.25) is 14.4 Å². The highest BCUT2D eigenvalue weighted by atomic mass is 19.1. The van der Waals surface area contributed by atoms with Crippen LogP contribution in [0.25, 0.3) is 11.3 Å². The number of hydrogen-bond acceptors (Lipinski definition) is 5. The Balaban J connectivity index is 1.25. The molecule has 2 aromatic carbocycles. The summed E-state index contributed by atoms with van der Waals surface area (Å²) in [6.07, 6.45) is 1.83. The Labute approximate surface area is 196 Å². The molecule has 3 heterocycles. The lowest BCUT2D eigenvalue weighted by Crippen LogP contribution is -2.33. The van der Waals surface area contributed by atoms with Crippen molar-refractivity contribution in [2.24, 2.45) is 0 Å². The monoisotopic (exact) mass is 463 g/mol. The normalized spacial score (nSPS) is 20.0. The zero-order chi connectivity index (χ0) is 23.7. The molecule has 2 fully saturated rings. The molecule has 8 nitrogen and oxygen atoms in total. The van der Waals surface area contributed by atoms with Gasteiger partial charge in [0.2, 0.25) is 5.91 Å². The third-order valence-electron chi connectivity index (χ3n) is 6.25. The lowest BCUT2D eigenvalue weighted by Gasteiger charge is -2.21. The van der Waals surface area contributed by atoms with Crippen LogP contribution in [-0.4, -0.2) is 54.1 Å². The fourth-order valence-electron chi connectivity index (χ4n) is 4.50. The molecule has 0 bridgehead atoms. The number of halogens is 1. The van der Waals surface area contributed by atoms with E-state index in [4.69, 9.17) is 9.84 Å². The van der Waals surface area contributed by atoms with Crippen molar-refractivity contribution in [2.75, 3.05) is 36.0 Å². The molecule has 176 valence electrons. The van der Waals surface area contributed by atoms with Gasteiger partial charge in [0.05, 0.1) is 36.2 Å². The summed E-state index contributed by atoms with van der Waals surface area (Å²) in [5.41, 5.74) is 2.93.